The third kappa shape index (κ3) is 3.52. The third-order valence-electron chi connectivity index (χ3n) is 5.01. The summed E-state index contributed by atoms with van der Waals surface area (Å²) in [5.74, 6) is 0.597. The van der Waals surface area contributed by atoms with Gasteiger partial charge in [-0.15, -0.1) is 0 Å². The van der Waals surface area contributed by atoms with Crippen molar-refractivity contribution >= 4 is 11.8 Å². The van der Waals surface area contributed by atoms with E-state index in [-0.39, 0.29) is 17.7 Å². The normalized spacial score (nSPS) is 16.3. The molecule has 5 nitrogen and oxygen atoms in total. The lowest BCUT2D eigenvalue weighted by atomic mass is 9.81. The molecule has 1 N–H and O–H groups in total. The molecule has 1 aliphatic rings. The Morgan fingerprint density at radius 1 is 1.23 bits per heavy atom. The molecule has 3 rings (SSSR count). The maximum absolute atomic E-state index is 12.7. The van der Waals surface area contributed by atoms with Crippen LogP contribution >= 0.6 is 0 Å². The smallest absolute Gasteiger partial charge is 0.355 e. The summed E-state index contributed by atoms with van der Waals surface area (Å²) in [4.78, 5) is 28.2. The number of aromatic nitrogens is 1. The van der Waals surface area contributed by atoms with Crippen LogP contribution in [-0.2, 0) is 11.2 Å². The van der Waals surface area contributed by atoms with Gasteiger partial charge in [-0.3, -0.25) is 4.79 Å². The molecule has 1 aliphatic carbocycles. The molecular weight excluding hydrogens is 330 g/mol. The predicted molar refractivity (Wildman–Crippen MR) is 99.1 cm³/mol. The van der Waals surface area contributed by atoms with Crippen LogP contribution in [0, 0.1) is 6.92 Å². The zero-order chi connectivity index (χ0) is 18.7. The maximum Gasteiger partial charge on any atom is 0.355 e. The lowest BCUT2D eigenvalue weighted by Gasteiger charge is -2.22. The monoisotopic (exact) mass is 355 g/mol. The number of esters is 1. The topological polar surface area (TPSA) is 68.4 Å². The van der Waals surface area contributed by atoms with Crippen LogP contribution in [0.4, 0.5) is 0 Å². The first-order valence-electron chi connectivity index (χ1n) is 9.10. The summed E-state index contributed by atoms with van der Waals surface area (Å²) in [7, 11) is 1.63. The molecule has 0 radical (unpaired) electrons. The van der Waals surface area contributed by atoms with Crippen LogP contribution < -0.4 is 4.74 Å². The van der Waals surface area contributed by atoms with Crippen LogP contribution in [0.15, 0.2) is 24.3 Å². The van der Waals surface area contributed by atoms with E-state index < -0.39 is 0 Å². The minimum Gasteiger partial charge on any atom is -0.497 e. The number of hydrogen-bond acceptors (Lipinski definition) is 4. The van der Waals surface area contributed by atoms with E-state index >= 15 is 0 Å². The number of methoxy groups -OCH3 is 1. The molecule has 0 unspecified atom stereocenters. The summed E-state index contributed by atoms with van der Waals surface area (Å²) in [5, 5.41) is 0. The number of ether oxygens (including phenoxy) is 2. The number of carbonyl (C=O) groups is 2. The number of carbonyl (C=O) groups excluding carboxylic acids is 2. The van der Waals surface area contributed by atoms with Gasteiger partial charge in [0.1, 0.15) is 11.4 Å². The highest BCUT2D eigenvalue weighted by atomic mass is 16.5. The maximum atomic E-state index is 12.7. The summed E-state index contributed by atoms with van der Waals surface area (Å²) < 4.78 is 10.5. The van der Waals surface area contributed by atoms with Gasteiger partial charge >= 0.3 is 5.97 Å². The lowest BCUT2D eigenvalue weighted by Crippen LogP contribution is -2.18. The van der Waals surface area contributed by atoms with E-state index in [1.54, 1.807) is 7.11 Å². The second-order valence-electron chi connectivity index (χ2n) is 6.77. The molecule has 1 aromatic carbocycles. The van der Waals surface area contributed by atoms with Crippen molar-refractivity contribution < 1.29 is 19.1 Å². The quantitative estimate of drug-likeness (QED) is 0.623. The highest BCUT2D eigenvalue weighted by Crippen LogP contribution is 2.35. The van der Waals surface area contributed by atoms with Crippen molar-refractivity contribution in [3.8, 4) is 5.75 Å². The molecule has 0 saturated heterocycles. The van der Waals surface area contributed by atoms with Gasteiger partial charge in [0.2, 0.25) is 0 Å². The Morgan fingerprint density at radius 3 is 2.62 bits per heavy atom. The largest absolute Gasteiger partial charge is 0.497 e. The fourth-order valence-electron chi connectivity index (χ4n) is 3.53. The summed E-state index contributed by atoms with van der Waals surface area (Å²) in [6.45, 7) is 4.27. The number of benzene rings is 1. The van der Waals surface area contributed by atoms with Crippen molar-refractivity contribution in [3.05, 3.63) is 52.3 Å². The predicted octanol–water partition coefficient (Wildman–Crippen LogP) is 4.20. The van der Waals surface area contributed by atoms with Crippen molar-refractivity contribution in [2.75, 3.05) is 13.7 Å². The zero-order valence-corrected chi connectivity index (χ0v) is 15.6. The van der Waals surface area contributed by atoms with Gasteiger partial charge in [-0.25, -0.2) is 4.79 Å². The van der Waals surface area contributed by atoms with E-state index in [9.17, 15) is 9.59 Å². The van der Waals surface area contributed by atoms with Crippen LogP contribution in [0.3, 0.4) is 0 Å². The Bertz CT molecular complexity index is 804. The second kappa shape index (κ2) is 7.77. The molecule has 26 heavy (non-hydrogen) atoms. The molecule has 0 bridgehead atoms. The van der Waals surface area contributed by atoms with E-state index in [0.717, 1.165) is 29.8 Å². The lowest BCUT2D eigenvalue weighted by molar-refractivity contribution is 0.0492. The number of Topliss-reactive ketones (excluding diaryl/α,β-unsaturated/α-hetero) is 1. The Hall–Kier alpha value is -2.56. The number of nitrogens with one attached hydrogen (secondary N) is 1. The van der Waals surface area contributed by atoms with E-state index in [1.807, 2.05) is 38.1 Å². The van der Waals surface area contributed by atoms with E-state index in [1.165, 1.54) is 0 Å². The number of aromatic amines is 1. The van der Waals surface area contributed by atoms with Crippen LogP contribution in [0.1, 0.15) is 69.8 Å². The average Bonchev–Trinajstić information content (AvgIpc) is 2.99. The van der Waals surface area contributed by atoms with Crippen molar-refractivity contribution in [2.45, 2.75) is 45.4 Å². The molecule has 0 aliphatic heterocycles. The number of hydrogen-bond donors (Lipinski definition) is 1. The third-order valence-corrected chi connectivity index (χ3v) is 5.01. The first-order valence-corrected chi connectivity index (χ1v) is 9.10. The molecule has 0 amide bonds. The first kappa shape index (κ1) is 18.2. The molecule has 0 spiro atoms. The fraction of sp³-hybridized carbons (Fsp3) is 0.429. The number of unbranched alkanes of at least 4 members (excludes halogenated alkanes) is 1. The van der Waals surface area contributed by atoms with Gasteiger partial charge in [-0.2, -0.15) is 0 Å². The van der Waals surface area contributed by atoms with Gasteiger partial charge in [0.05, 0.1) is 13.7 Å². The van der Waals surface area contributed by atoms with Crippen molar-refractivity contribution in [2.24, 2.45) is 0 Å². The molecule has 1 atom stereocenters. The van der Waals surface area contributed by atoms with Gasteiger partial charge < -0.3 is 14.5 Å². The van der Waals surface area contributed by atoms with E-state index in [2.05, 4.69) is 4.98 Å². The Kier molecular flexibility index (Phi) is 5.45. The van der Waals surface area contributed by atoms with Crippen molar-refractivity contribution in [1.29, 1.82) is 0 Å². The fourth-order valence-corrected chi connectivity index (χ4v) is 3.53. The summed E-state index contributed by atoms with van der Waals surface area (Å²) in [6.07, 6.45) is 2.96. The van der Waals surface area contributed by atoms with E-state index in [0.29, 0.717) is 36.3 Å². The molecule has 1 aromatic heterocycles. The van der Waals surface area contributed by atoms with Gasteiger partial charge in [-0.05, 0) is 48.9 Å². The minimum absolute atomic E-state index is 0.0772. The highest BCUT2D eigenvalue weighted by molar-refractivity contribution is 6.03. The standard InChI is InChI=1S/C21H25NO4/c1-4-5-10-26-21(24)20-13(2)19-17(22-20)11-15(12-18(19)23)14-6-8-16(25-3)9-7-14/h6-9,15,22H,4-5,10-12H2,1-3H3/t15-/m1/s1. The van der Waals surface area contributed by atoms with Crippen LogP contribution in [0.5, 0.6) is 5.75 Å². The molecule has 2 aromatic rings. The highest BCUT2D eigenvalue weighted by Gasteiger charge is 2.32. The molecule has 0 fully saturated rings. The van der Waals surface area contributed by atoms with Gasteiger partial charge in [-0.1, -0.05) is 25.5 Å². The number of rotatable bonds is 6. The van der Waals surface area contributed by atoms with Gasteiger partial charge in [0.25, 0.3) is 0 Å². The number of ketones is 1. The summed E-state index contributed by atoms with van der Waals surface area (Å²) in [5.41, 5.74) is 3.72. The Labute approximate surface area is 153 Å². The SMILES string of the molecule is CCCCOC(=O)c1[nH]c2c(c1C)C(=O)C[C@H](c1ccc(OC)cc1)C2. The Balaban J connectivity index is 1.82. The van der Waals surface area contributed by atoms with Crippen LogP contribution in [0.2, 0.25) is 0 Å². The second-order valence-corrected chi connectivity index (χ2v) is 6.77. The van der Waals surface area contributed by atoms with Crippen LogP contribution in [-0.4, -0.2) is 30.5 Å². The van der Waals surface area contributed by atoms with Gasteiger partial charge in [0, 0.05) is 17.7 Å². The van der Waals surface area contributed by atoms with Gasteiger partial charge in [0.15, 0.2) is 5.78 Å². The molecule has 5 heteroatoms. The van der Waals surface area contributed by atoms with Crippen molar-refractivity contribution in [1.82, 2.24) is 4.98 Å². The number of fused-ring (bicyclic) bond motifs is 1. The minimum atomic E-state index is -0.376. The molecule has 0 saturated carbocycles. The average molecular weight is 355 g/mol. The van der Waals surface area contributed by atoms with Crippen LogP contribution in [0.25, 0.3) is 0 Å². The van der Waals surface area contributed by atoms with E-state index in [4.69, 9.17) is 9.47 Å². The van der Waals surface area contributed by atoms with Crippen molar-refractivity contribution in [3.63, 3.8) is 0 Å². The first-order chi connectivity index (χ1) is 12.5. The molecule has 1 heterocycles. The summed E-state index contributed by atoms with van der Waals surface area (Å²) >= 11 is 0. The summed E-state index contributed by atoms with van der Waals surface area (Å²) in [6, 6.07) is 7.81. The molecule has 138 valence electrons. The number of H-pyrrole nitrogens is 1. The zero-order valence-electron chi connectivity index (χ0n) is 15.6. The Morgan fingerprint density at radius 2 is 1.96 bits per heavy atom. The molecular formula is C21H25NO4.